The minimum Gasteiger partial charge on any atom is -0.380 e. The Morgan fingerprint density at radius 2 is 2.10 bits per heavy atom. The second-order valence-corrected chi connectivity index (χ2v) is 5.17. The lowest BCUT2D eigenvalue weighted by atomic mass is 10.1. The number of hydrogen-bond acceptors (Lipinski definition) is 2. The van der Waals surface area contributed by atoms with E-state index in [-0.39, 0.29) is 11.9 Å². The molecule has 0 heterocycles. The third-order valence-corrected chi connectivity index (χ3v) is 3.83. The van der Waals surface area contributed by atoms with Crippen molar-refractivity contribution in [2.24, 2.45) is 0 Å². The maximum Gasteiger partial charge on any atom is 0.123 e. The number of anilines is 1. The first-order valence-corrected chi connectivity index (χ1v) is 6.89. The van der Waals surface area contributed by atoms with Crippen LogP contribution < -0.4 is 5.32 Å². The minimum atomic E-state index is -0.149. The van der Waals surface area contributed by atoms with Crippen LogP contribution in [0.15, 0.2) is 42.5 Å². The van der Waals surface area contributed by atoms with E-state index >= 15 is 0 Å². The Morgan fingerprint density at radius 3 is 2.95 bits per heavy atom. The monoisotopic (exact) mass is 271 g/mol. The molecule has 0 amide bonds. The van der Waals surface area contributed by atoms with Gasteiger partial charge in [-0.25, -0.2) is 4.39 Å². The molecule has 0 spiro atoms. The zero-order valence-corrected chi connectivity index (χ0v) is 11.5. The van der Waals surface area contributed by atoms with Crippen LogP contribution in [0.25, 0.3) is 0 Å². The highest BCUT2D eigenvalue weighted by atomic mass is 19.1. The summed E-state index contributed by atoms with van der Waals surface area (Å²) in [5, 5.41) is 3.57. The van der Waals surface area contributed by atoms with Gasteiger partial charge in [-0.15, -0.1) is 0 Å². The summed E-state index contributed by atoms with van der Waals surface area (Å²) in [5.74, 6) is -0.149. The maximum atomic E-state index is 13.2. The van der Waals surface area contributed by atoms with Crippen molar-refractivity contribution in [3.05, 3.63) is 65.0 Å². The molecular formula is C17H18FNO. The van der Waals surface area contributed by atoms with E-state index in [1.54, 1.807) is 19.2 Å². The molecule has 0 aromatic heterocycles. The molecule has 1 aliphatic rings. The Morgan fingerprint density at radius 1 is 1.25 bits per heavy atom. The van der Waals surface area contributed by atoms with Crippen LogP contribution >= 0.6 is 0 Å². The Labute approximate surface area is 118 Å². The number of ether oxygens (including phenoxy) is 1. The van der Waals surface area contributed by atoms with Crippen LogP contribution in [-0.2, 0) is 17.8 Å². The van der Waals surface area contributed by atoms with E-state index in [4.69, 9.17) is 4.74 Å². The fraction of sp³-hybridized carbons (Fsp3) is 0.294. The molecule has 1 unspecified atom stereocenters. The number of hydrogen-bond donors (Lipinski definition) is 1. The van der Waals surface area contributed by atoms with Crippen LogP contribution in [-0.4, -0.2) is 7.11 Å². The third-order valence-electron chi connectivity index (χ3n) is 3.83. The smallest absolute Gasteiger partial charge is 0.123 e. The number of nitrogens with one attached hydrogen (secondary N) is 1. The van der Waals surface area contributed by atoms with E-state index in [0.29, 0.717) is 6.61 Å². The number of benzene rings is 2. The maximum absolute atomic E-state index is 13.2. The van der Waals surface area contributed by atoms with Gasteiger partial charge in [0.25, 0.3) is 0 Å². The zero-order chi connectivity index (χ0) is 13.9. The molecule has 1 aliphatic carbocycles. The van der Waals surface area contributed by atoms with Crippen LogP contribution in [0, 0.1) is 5.82 Å². The lowest BCUT2D eigenvalue weighted by molar-refractivity contribution is 0.185. The lowest BCUT2D eigenvalue weighted by Crippen LogP contribution is -2.09. The van der Waals surface area contributed by atoms with Gasteiger partial charge < -0.3 is 10.1 Å². The predicted molar refractivity (Wildman–Crippen MR) is 78.2 cm³/mol. The first-order valence-electron chi connectivity index (χ1n) is 6.89. The average molecular weight is 271 g/mol. The first kappa shape index (κ1) is 13.1. The molecule has 2 aromatic carbocycles. The molecule has 0 bridgehead atoms. The van der Waals surface area contributed by atoms with Crippen molar-refractivity contribution >= 4 is 5.69 Å². The molecule has 104 valence electrons. The topological polar surface area (TPSA) is 21.3 Å². The highest BCUT2D eigenvalue weighted by Crippen LogP contribution is 2.35. The lowest BCUT2D eigenvalue weighted by Gasteiger charge is -2.18. The van der Waals surface area contributed by atoms with Crippen molar-refractivity contribution in [3.8, 4) is 0 Å². The van der Waals surface area contributed by atoms with Crippen LogP contribution in [0.4, 0.5) is 10.1 Å². The minimum absolute atomic E-state index is 0.149. The molecule has 1 atom stereocenters. The summed E-state index contributed by atoms with van der Waals surface area (Å²) < 4.78 is 18.5. The van der Waals surface area contributed by atoms with Crippen molar-refractivity contribution < 1.29 is 9.13 Å². The Kier molecular flexibility index (Phi) is 3.70. The summed E-state index contributed by atoms with van der Waals surface area (Å²) in [6.07, 6.45) is 1.93. The summed E-state index contributed by atoms with van der Waals surface area (Å²) >= 11 is 0. The zero-order valence-electron chi connectivity index (χ0n) is 11.5. The summed E-state index contributed by atoms with van der Waals surface area (Å²) in [6, 6.07) is 13.5. The standard InChI is InChI=1S/C17H18FNO/c1-20-11-13-4-2-3-5-16(13)19-17-9-6-12-10-14(18)7-8-15(12)17/h2-5,7-8,10,17,19H,6,9,11H2,1H3. The third kappa shape index (κ3) is 2.54. The molecule has 0 aliphatic heterocycles. The Balaban J connectivity index is 1.84. The van der Waals surface area contributed by atoms with Gasteiger partial charge in [0.1, 0.15) is 5.82 Å². The Bertz CT molecular complexity index is 612. The summed E-state index contributed by atoms with van der Waals surface area (Å²) in [6.45, 7) is 0.589. The van der Waals surface area contributed by atoms with Gasteiger partial charge in [0.15, 0.2) is 0 Å². The van der Waals surface area contributed by atoms with E-state index in [2.05, 4.69) is 17.4 Å². The van der Waals surface area contributed by atoms with Crippen molar-refractivity contribution in [1.82, 2.24) is 0 Å². The van der Waals surface area contributed by atoms with E-state index in [1.807, 2.05) is 18.2 Å². The Hall–Kier alpha value is -1.87. The number of para-hydroxylation sites is 1. The SMILES string of the molecule is COCc1ccccc1NC1CCc2cc(F)ccc21. The van der Waals surface area contributed by atoms with Crippen LogP contribution in [0.3, 0.4) is 0 Å². The number of aryl methyl sites for hydroxylation is 1. The van der Waals surface area contributed by atoms with Crippen molar-refractivity contribution in [2.45, 2.75) is 25.5 Å². The van der Waals surface area contributed by atoms with Crippen LogP contribution in [0.5, 0.6) is 0 Å². The van der Waals surface area contributed by atoms with E-state index < -0.39 is 0 Å². The van der Waals surface area contributed by atoms with Crippen molar-refractivity contribution in [1.29, 1.82) is 0 Å². The van der Waals surface area contributed by atoms with Gasteiger partial charge in [-0.3, -0.25) is 0 Å². The van der Waals surface area contributed by atoms with E-state index in [9.17, 15) is 4.39 Å². The summed E-state index contributed by atoms with van der Waals surface area (Å²) in [4.78, 5) is 0. The highest BCUT2D eigenvalue weighted by molar-refractivity contribution is 5.54. The highest BCUT2D eigenvalue weighted by Gasteiger charge is 2.23. The van der Waals surface area contributed by atoms with Crippen molar-refractivity contribution in [3.63, 3.8) is 0 Å². The molecule has 1 N–H and O–H groups in total. The average Bonchev–Trinajstić information content (AvgIpc) is 2.83. The molecule has 2 nitrogen and oxygen atoms in total. The van der Waals surface area contributed by atoms with Crippen LogP contribution in [0.1, 0.15) is 29.2 Å². The van der Waals surface area contributed by atoms with Gasteiger partial charge in [0, 0.05) is 18.4 Å². The van der Waals surface area contributed by atoms with Gasteiger partial charge in [0.05, 0.1) is 12.6 Å². The largest absolute Gasteiger partial charge is 0.380 e. The number of methoxy groups -OCH3 is 1. The first-order chi connectivity index (χ1) is 9.78. The molecule has 0 fully saturated rings. The molecule has 3 heteroatoms. The molecule has 3 rings (SSSR count). The van der Waals surface area contributed by atoms with Gasteiger partial charge in [0.2, 0.25) is 0 Å². The van der Waals surface area contributed by atoms with Gasteiger partial charge in [-0.2, -0.15) is 0 Å². The number of rotatable bonds is 4. The molecule has 2 aromatic rings. The molecule has 0 saturated heterocycles. The van der Waals surface area contributed by atoms with E-state index in [0.717, 1.165) is 29.7 Å². The fourth-order valence-corrected chi connectivity index (χ4v) is 2.87. The quantitative estimate of drug-likeness (QED) is 0.905. The summed E-state index contributed by atoms with van der Waals surface area (Å²) in [7, 11) is 1.70. The van der Waals surface area contributed by atoms with Gasteiger partial charge in [-0.1, -0.05) is 24.3 Å². The van der Waals surface area contributed by atoms with Gasteiger partial charge >= 0.3 is 0 Å². The second kappa shape index (κ2) is 5.63. The molecule has 0 saturated carbocycles. The number of halogens is 1. The predicted octanol–water partition coefficient (Wildman–Crippen LogP) is 4.07. The van der Waals surface area contributed by atoms with E-state index in [1.165, 1.54) is 5.56 Å². The normalized spacial score (nSPS) is 17.0. The summed E-state index contributed by atoms with van der Waals surface area (Å²) in [5.41, 5.74) is 4.56. The molecular weight excluding hydrogens is 253 g/mol. The number of fused-ring (bicyclic) bond motifs is 1. The van der Waals surface area contributed by atoms with Crippen LogP contribution in [0.2, 0.25) is 0 Å². The second-order valence-electron chi connectivity index (χ2n) is 5.17. The van der Waals surface area contributed by atoms with Crippen molar-refractivity contribution in [2.75, 3.05) is 12.4 Å². The molecule has 0 radical (unpaired) electrons. The molecule has 20 heavy (non-hydrogen) atoms. The fourth-order valence-electron chi connectivity index (χ4n) is 2.87. The van der Waals surface area contributed by atoms with Gasteiger partial charge in [-0.05, 0) is 42.2 Å².